The molecular weight excluding hydrogens is 375 g/mol. The van der Waals surface area contributed by atoms with Crippen LogP contribution in [0.15, 0.2) is 18.2 Å². The van der Waals surface area contributed by atoms with Gasteiger partial charge in [-0.05, 0) is 30.4 Å². The molecule has 28 heavy (non-hydrogen) atoms. The molecule has 1 aromatic rings. The molecule has 1 aromatic carbocycles. The highest BCUT2D eigenvalue weighted by atomic mass is 19.4. The van der Waals surface area contributed by atoms with E-state index in [0.717, 1.165) is 12.5 Å². The minimum Gasteiger partial charge on any atom is -0.365 e. The van der Waals surface area contributed by atoms with Crippen molar-refractivity contribution < 1.29 is 22.9 Å². The maximum absolute atomic E-state index is 12.7. The lowest BCUT2D eigenvalue weighted by Crippen LogP contribution is -2.40. The first kappa shape index (κ1) is 21.5. The van der Waals surface area contributed by atoms with Crippen LogP contribution in [0.2, 0.25) is 0 Å². The highest BCUT2D eigenvalue weighted by Gasteiger charge is 2.34. The van der Waals surface area contributed by atoms with Gasteiger partial charge in [-0.3, -0.25) is 14.9 Å². The summed E-state index contributed by atoms with van der Waals surface area (Å²) in [6.45, 7) is 3.32. The van der Waals surface area contributed by atoms with Gasteiger partial charge in [0.1, 0.15) is 12.2 Å². The fraction of sp³-hybridized carbons (Fsp3) is 0.526. The van der Waals surface area contributed by atoms with E-state index in [-0.39, 0.29) is 11.3 Å². The predicted molar refractivity (Wildman–Crippen MR) is 99.0 cm³/mol. The number of nitrogens with zero attached hydrogens (tertiary/aromatic N) is 3. The van der Waals surface area contributed by atoms with E-state index in [0.29, 0.717) is 35.5 Å². The second-order valence-electron chi connectivity index (χ2n) is 7.29. The quantitative estimate of drug-likeness (QED) is 0.432. The van der Waals surface area contributed by atoms with Crippen molar-refractivity contribution in [1.29, 1.82) is 0 Å². The van der Waals surface area contributed by atoms with Gasteiger partial charge in [0.05, 0.1) is 11.5 Å². The molecule has 1 amide bonds. The Bertz CT molecular complexity index is 779. The first-order valence-electron chi connectivity index (χ1n) is 8.84. The number of carbonyl (C=O) groups excluding carboxylic acids is 1. The third kappa shape index (κ3) is 5.38. The summed E-state index contributed by atoms with van der Waals surface area (Å²) in [5.74, 6) is 1.72. The van der Waals surface area contributed by atoms with Crippen LogP contribution in [-0.4, -0.2) is 48.1 Å². The van der Waals surface area contributed by atoms with Gasteiger partial charge in [-0.15, -0.1) is 6.42 Å². The minimum absolute atomic E-state index is 0.201. The topological polar surface area (TPSA) is 66.7 Å². The molecular formula is C19H22F3N3O3. The van der Waals surface area contributed by atoms with E-state index < -0.39 is 30.1 Å². The van der Waals surface area contributed by atoms with E-state index in [2.05, 4.69) is 13.8 Å². The molecule has 0 saturated carbocycles. The molecule has 0 aromatic heterocycles. The van der Waals surface area contributed by atoms with E-state index in [9.17, 15) is 28.1 Å². The molecule has 1 fully saturated rings. The molecule has 1 aliphatic rings. The summed E-state index contributed by atoms with van der Waals surface area (Å²) >= 11 is 0. The number of benzene rings is 1. The Hall–Kier alpha value is -2.76. The average Bonchev–Trinajstić information content (AvgIpc) is 2.58. The Labute approximate surface area is 161 Å². The van der Waals surface area contributed by atoms with Crippen LogP contribution in [0.25, 0.3) is 0 Å². The van der Waals surface area contributed by atoms with Gasteiger partial charge in [0.25, 0.3) is 11.6 Å². The summed E-state index contributed by atoms with van der Waals surface area (Å²) in [6.07, 6.45) is 1.45. The SMILES string of the molecule is C#CCN(CC(F)(F)F)C(=O)c1ccc(N2CC(C)CC(C)C2)c([N+](=O)[O-])c1. The van der Waals surface area contributed by atoms with Crippen LogP contribution in [0.4, 0.5) is 24.5 Å². The molecule has 1 aliphatic heterocycles. The highest BCUT2D eigenvalue weighted by molar-refractivity contribution is 5.96. The molecule has 2 unspecified atom stereocenters. The smallest absolute Gasteiger partial charge is 0.365 e. The van der Waals surface area contributed by atoms with Crippen LogP contribution >= 0.6 is 0 Å². The number of amides is 1. The van der Waals surface area contributed by atoms with Gasteiger partial charge in [0, 0.05) is 24.7 Å². The summed E-state index contributed by atoms with van der Waals surface area (Å²) in [5, 5.41) is 11.6. The number of alkyl halides is 3. The molecule has 1 saturated heterocycles. The van der Waals surface area contributed by atoms with Gasteiger partial charge in [0.15, 0.2) is 0 Å². The van der Waals surface area contributed by atoms with Gasteiger partial charge in [-0.25, -0.2) is 0 Å². The van der Waals surface area contributed by atoms with Crippen molar-refractivity contribution in [2.75, 3.05) is 31.1 Å². The van der Waals surface area contributed by atoms with Crippen molar-refractivity contribution in [3.63, 3.8) is 0 Å². The number of rotatable bonds is 5. The van der Waals surface area contributed by atoms with Crippen molar-refractivity contribution in [2.24, 2.45) is 11.8 Å². The van der Waals surface area contributed by atoms with Crippen LogP contribution in [-0.2, 0) is 0 Å². The van der Waals surface area contributed by atoms with Gasteiger partial charge >= 0.3 is 6.18 Å². The number of anilines is 1. The zero-order chi connectivity index (χ0) is 21.1. The third-order valence-electron chi connectivity index (χ3n) is 4.57. The molecule has 0 N–H and O–H groups in total. The minimum atomic E-state index is -4.63. The third-order valence-corrected chi connectivity index (χ3v) is 4.57. The van der Waals surface area contributed by atoms with Crippen LogP contribution in [0.1, 0.15) is 30.6 Å². The second kappa shape index (κ2) is 8.50. The van der Waals surface area contributed by atoms with Crippen molar-refractivity contribution in [3.05, 3.63) is 33.9 Å². The zero-order valence-corrected chi connectivity index (χ0v) is 15.7. The fourth-order valence-corrected chi connectivity index (χ4v) is 3.64. The van der Waals surface area contributed by atoms with E-state index in [1.807, 2.05) is 10.8 Å². The van der Waals surface area contributed by atoms with Crippen molar-refractivity contribution in [1.82, 2.24) is 4.90 Å². The van der Waals surface area contributed by atoms with Gasteiger partial charge in [-0.2, -0.15) is 13.2 Å². The van der Waals surface area contributed by atoms with Gasteiger partial charge < -0.3 is 9.80 Å². The van der Waals surface area contributed by atoms with Crippen LogP contribution in [0, 0.1) is 34.3 Å². The lowest BCUT2D eigenvalue weighted by atomic mass is 9.91. The molecule has 0 spiro atoms. The number of halogens is 3. The highest BCUT2D eigenvalue weighted by Crippen LogP contribution is 2.34. The molecule has 0 radical (unpaired) electrons. The predicted octanol–water partition coefficient (Wildman–Crippen LogP) is 3.71. The zero-order valence-electron chi connectivity index (χ0n) is 15.7. The van der Waals surface area contributed by atoms with E-state index in [4.69, 9.17) is 6.42 Å². The summed E-state index contributed by atoms with van der Waals surface area (Å²) in [4.78, 5) is 25.8. The van der Waals surface area contributed by atoms with E-state index in [1.165, 1.54) is 12.1 Å². The monoisotopic (exact) mass is 397 g/mol. The second-order valence-corrected chi connectivity index (χ2v) is 7.29. The Balaban J connectivity index is 2.37. The number of hydrogen-bond acceptors (Lipinski definition) is 4. The first-order chi connectivity index (χ1) is 13.0. The molecule has 1 heterocycles. The molecule has 0 aliphatic carbocycles. The largest absolute Gasteiger partial charge is 0.406 e. The van der Waals surface area contributed by atoms with E-state index in [1.54, 1.807) is 0 Å². The molecule has 2 rings (SSSR count). The normalized spacial score (nSPS) is 19.8. The molecule has 6 nitrogen and oxygen atoms in total. The molecule has 2 atom stereocenters. The first-order valence-corrected chi connectivity index (χ1v) is 8.84. The lowest BCUT2D eigenvalue weighted by molar-refractivity contribution is -0.384. The van der Waals surface area contributed by atoms with Gasteiger partial charge in [0.2, 0.25) is 0 Å². The van der Waals surface area contributed by atoms with E-state index >= 15 is 0 Å². The summed E-state index contributed by atoms with van der Waals surface area (Å²) < 4.78 is 38.1. The Kier molecular flexibility index (Phi) is 6.54. The van der Waals surface area contributed by atoms with Crippen molar-refractivity contribution >= 4 is 17.3 Å². The number of carbonyl (C=O) groups is 1. The molecule has 9 heteroatoms. The molecule has 152 valence electrons. The number of nitro benzene ring substituents is 1. The van der Waals surface area contributed by atoms with Crippen LogP contribution < -0.4 is 4.90 Å². The maximum atomic E-state index is 12.7. The lowest BCUT2D eigenvalue weighted by Gasteiger charge is -2.36. The number of hydrogen-bond donors (Lipinski definition) is 0. The summed E-state index contributed by atoms with van der Waals surface area (Å²) in [5.41, 5.74) is -0.146. The standard InChI is InChI=1S/C19H22F3N3O3/c1-4-7-23(12-19(20,21)22)18(26)15-5-6-16(17(9-15)25(27)28)24-10-13(2)8-14(3)11-24/h1,5-6,9,13-14H,7-8,10-12H2,2-3H3. The average molecular weight is 397 g/mol. The summed E-state index contributed by atoms with van der Waals surface area (Å²) in [6, 6.07) is 3.77. The molecule has 0 bridgehead atoms. The van der Waals surface area contributed by atoms with Crippen molar-refractivity contribution in [3.8, 4) is 12.3 Å². The number of piperidine rings is 1. The fourth-order valence-electron chi connectivity index (χ4n) is 3.64. The Morgan fingerprint density at radius 3 is 2.46 bits per heavy atom. The number of terminal acetylenes is 1. The summed E-state index contributed by atoms with van der Waals surface area (Å²) in [7, 11) is 0. The van der Waals surface area contributed by atoms with Gasteiger partial charge in [-0.1, -0.05) is 19.8 Å². The van der Waals surface area contributed by atoms with Crippen molar-refractivity contribution in [2.45, 2.75) is 26.4 Å². The Morgan fingerprint density at radius 2 is 1.96 bits per heavy atom. The number of nitro groups is 1. The maximum Gasteiger partial charge on any atom is 0.406 e. The van der Waals surface area contributed by atoms with Crippen LogP contribution in [0.3, 0.4) is 0 Å². The van der Waals surface area contributed by atoms with Crippen LogP contribution in [0.5, 0.6) is 0 Å². The Morgan fingerprint density at radius 1 is 1.36 bits per heavy atom.